The zero-order valence-electron chi connectivity index (χ0n) is 7.40. The molecule has 0 bridgehead atoms. The fourth-order valence-electron chi connectivity index (χ4n) is 1.12. The lowest BCUT2D eigenvalue weighted by atomic mass is 10.0. The van der Waals surface area contributed by atoms with Gasteiger partial charge in [-0.1, -0.05) is 6.07 Å². The van der Waals surface area contributed by atoms with Crippen LogP contribution in [0, 0.1) is 0 Å². The zero-order chi connectivity index (χ0) is 10.6. The summed E-state index contributed by atoms with van der Waals surface area (Å²) in [5, 5.41) is 0. The van der Waals surface area contributed by atoms with Crippen molar-refractivity contribution in [3.05, 3.63) is 34.9 Å². The second-order valence-corrected chi connectivity index (χ2v) is 2.71. The summed E-state index contributed by atoms with van der Waals surface area (Å²) in [7, 11) is 0. The van der Waals surface area contributed by atoms with Crippen LogP contribution in [-0.2, 0) is 0 Å². The van der Waals surface area contributed by atoms with Crippen LogP contribution < -0.4 is 5.73 Å². The SMILES string of the molecule is NCC(=O)c1ccc(C=O)cc1C=O. The molecule has 14 heavy (non-hydrogen) atoms. The van der Waals surface area contributed by atoms with Crippen LogP contribution in [0.25, 0.3) is 0 Å². The summed E-state index contributed by atoms with van der Waals surface area (Å²) < 4.78 is 0. The Labute approximate surface area is 80.7 Å². The summed E-state index contributed by atoms with van der Waals surface area (Å²) in [5.74, 6) is -0.315. The fraction of sp³-hybridized carbons (Fsp3) is 0.100. The van der Waals surface area contributed by atoms with Crippen LogP contribution in [0.3, 0.4) is 0 Å². The van der Waals surface area contributed by atoms with Gasteiger partial charge in [-0.15, -0.1) is 0 Å². The molecule has 0 amide bonds. The molecule has 0 saturated heterocycles. The predicted molar refractivity (Wildman–Crippen MR) is 50.6 cm³/mol. The molecular weight excluding hydrogens is 182 g/mol. The number of benzene rings is 1. The number of rotatable bonds is 4. The predicted octanol–water partition coefficient (Wildman–Crippen LogP) is 0.453. The first-order chi connectivity index (χ1) is 6.72. The lowest BCUT2D eigenvalue weighted by molar-refractivity contribution is 0.0993. The van der Waals surface area contributed by atoms with Crippen LogP contribution in [0.5, 0.6) is 0 Å². The highest BCUT2D eigenvalue weighted by Gasteiger charge is 2.09. The molecule has 0 unspecified atom stereocenters. The van der Waals surface area contributed by atoms with E-state index in [2.05, 4.69) is 0 Å². The molecular formula is C10H9NO3. The van der Waals surface area contributed by atoms with Crippen LogP contribution in [-0.4, -0.2) is 24.9 Å². The molecule has 0 spiro atoms. The van der Waals surface area contributed by atoms with Gasteiger partial charge in [0.05, 0.1) is 6.54 Å². The Hall–Kier alpha value is -1.81. The molecule has 0 aliphatic rings. The summed E-state index contributed by atoms with van der Waals surface area (Å²) in [6.07, 6.45) is 1.15. The van der Waals surface area contributed by atoms with Gasteiger partial charge in [-0.25, -0.2) is 0 Å². The first-order valence-electron chi connectivity index (χ1n) is 4.00. The topological polar surface area (TPSA) is 77.2 Å². The molecule has 2 N–H and O–H groups in total. The van der Waals surface area contributed by atoms with E-state index < -0.39 is 0 Å². The molecule has 0 saturated carbocycles. The minimum atomic E-state index is -0.315. The van der Waals surface area contributed by atoms with Crippen molar-refractivity contribution in [3.8, 4) is 0 Å². The summed E-state index contributed by atoms with van der Waals surface area (Å²) in [4.78, 5) is 32.2. The molecule has 1 rings (SSSR count). The Balaban J connectivity index is 3.24. The van der Waals surface area contributed by atoms with Crippen LogP contribution in [0.2, 0.25) is 0 Å². The maximum absolute atomic E-state index is 11.2. The van der Waals surface area contributed by atoms with Crippen LogP contribution in [0.15, 0.2) is 18.2 Å². The largest absolute Gasteiger partial charge is 0.324 e. The summed E-state index contributed by atoms with van der Waals surface area (Å²) >= 11 is 0. The molecule has 1 aromatic carbocycles. The monoisotopic (exact) mass is 191 g/mol. The number of Topliss-reactive ketones (excluding diaryl/α,β-unsaturated/α-hetero) is 1. The molecule has 72 valence electrons. The Kier molecular flexibility index (Phi) is 3.25. The van der Waals surface area contributed by atoms with E-state index in [0.717, 1.165) is 0 Å². The van der Waals surface area contributed by atoms with E-state index in [1.807, 2.05) is 0 Å². The van der Waals surface area contributed by atoms with Gasteiger partial charge in [0.1, 0.15) is 6.29 Å². The number of carbonyl (C=O) groups excluding carboxylic acids is 3. The normalized spacial score (nSPS) is 9.50. The van der Waals surface area contributed by atoms with Gasteiger partial charge in [-0.05, 0) is 12.1 Å². The number of ketones is 1. The van der Waals surface area contributed by atoms with Crippen molar-refractivity contribution in [1.82, 2.24) is 0 Å². The van der Waals surface area contributed by atoms with E-state index >= 15 is 0 Å². The van der Waals surface area contributed by atoms with Crippen LogP contribution >= 0.6 is 0 Å². The summed E-state index contributed by atoms with van der Waals surface area (Å²) in [6, 6.07) is 4.27. The van der Waals surface area contributed by atoms with E-state index in [-0.39, 0.29) is 23.5 Å². The van der Waals surface area contributed by atoms with E-state index in [1.54, 1.807) is 0 Å². The number of aldehydes is 2. The molecule has 0 fully saturated rings. The maximum Gasteiger partial charge on any atom is 0.177 e. The highest BCUT2D eigenvalue weighted by molar-refractivity contribution is 6.04. The lowest BCUT2D eigenvalue weighted by Gasteiger charge is -2.01. The van der Waals surface area contributed by atoms with Crippen molar-refractivity contribution in [2.24, 2.45) is 5.73 Å². The van der Waals surface area contributed by atoms with Crippen molar-refractivity contribution in [2.45, 2.75) is 0 Å². The molecule has 0 heterocycles. The molecule has 0 aromatic heterocycles. The van der Waals surface area contributed by atoms with E-state index in [4.69, 9.17) is 5.73 Å². The average molecular weight is 191 g/mol. The standard InChI is InChI=1S/C10H9NO3/c11-4-10(14)9-2-1-7(5-12)3-8(9)6-13/h1-3,5-6H,4,11H2. The van der Waals surface area contributed by atoms with Gasteiger partial charge in [0, 0.05) is 16.7 Å². The lowest BCUT2D eigenvalue weighted by Crippen LogP contribution is -2.15. The zero-order valence-corrected chi connectivity index (χ0v) is 7.40. The Bertz CT molecular complexity index is 385. The average Bonchev–Trinajstić information content (AvgIpc) is 2.27. The van der Waals surface area contributed by atoms with Crippen molar-refractivity contribution < 1.29 is 14.4 Å². The molecule has 4 nitrogen and oxygen atoms in total. The molecule has 4 heteroatoms. The van der Waals surface area contributed by atoms with Crippen molar-refractivity contribution in [3.63, 3.8) is 0 Å². The smallest absolute Gasteiger partial charge is 0.177 e. The third-order valence-electron chi connectivity index (χ3n) is 1.82. The van der Waals surface area contributed by atoms with E-state index in [0.29, 0.717) is 18.1 Å². The minimum Gasteiger partial charge on any atom is -0.324 e. The van der Waals surface area contributed by atoms with Gasteiger partial charge in [-0.2, -0.15) is 0 Å². The maximum atomic E-state index is 11.2. The van der Waals surface area contributed by atoms with Crippen LogP contribution in [0.1, 0.15) is 31.1 Å². The summed E-state index contributed by atoms with van der Waals surface area (Å²) in [6.45, 7) is -0.152. The third kappa shape index (κ3) is 1.92. The highest BCUT2D eigenvalue weighted by atomic mass is 16.1. The van der Waals surface area contributed by atoms with Crippen molar-refractivity contribution in [1.29, 1.82) is 0 Å². The van der Waals surface area contributed by atoms with Crippen molar-refractivity contribution in [2.75, 3.05) is 6.54 Å². The fourth-order valence-corrected chi connectivity index (χ4v) is 1.12. The highest BCUT2D eigenvalue weighted by Crippen LogP contribution is 2.09. The summed E-state index contributed by atoms with van der Waals surface area (Å²) in [5.41, 5.74) is 5.98. The van der Waals surface area contributed by atoms with Gasteiger partial charge in [0.15, 0.2) is 12.1 Å². The van der Waals surface area contributed by atoms with E-state index in [9.17, 15) is 14.4 Å². The van der Waals surface area contributed by atoms with Gasteiger partial charge in [0.25, 0.3) is 0 Å². The first kappa shape index (κ1) is 10.3. The molecule has 0 radical (unpaired) electrons. The number of hydrogen-bond acceptors (Lipinski definition) is 4. The molecule has 0 aliphatic heterocycles. The van der Waals surface area contributed by atoms with E-state index in [1.165, 1.54) is 18.2 Å². The van der Waals surface area contributed by atoms with Gasteiger partial charge in [-0.3, -0.25) is 14.4 Å². The molecule has 0 atom stereocenters. The third-order valence-corrected chi connectivity index (χ3v) is 1.82. The van der Waals surface area contributed by atoms with Crippen molar-refractivity contribution >= 4 is 18.4 Å². The Morgan fingerprint density at radius 1 is 1.29 bits per heavy atom. The molecule has 0 aliphatic carbocycles. The Morgan fingerprint density at radius 3 is 2.50 bits per heavy atom. The van der Waals surface area contributed by atoms with Crippen LogP contribution in [0.4, 0.5) is 0 Å². The first-order valence-corrected chi connectivity index (χ1v) is 4.00. The quantitative estimate of drug-likeness (QED) is 0.553. The Morgan fingerprint density at radius 2 is 2.00 bits per heavy atom. The number of hydrogen-bond donors (Lipinski definition) is 1. The number of carbonyl (C=O) groups is 3. The van der Waals surface area contributed by atoms with Gasteiger partial charge in [0.2, 0.25) is 0 Å². The second kappa shape index (κ2) is 4.43. The molecule has 1 aromatic rings. The minimum absolute atomic E-state index is 0.152. The number of nitrogens with two attached hydrogens (primary N) is 1. The van der Waals surface area contributed by atoms with Gasteiger partial charge < -0.3 is 5.73 Å². The van der Waals surface area contributed by atoms with Gasteiger partial charge >= 0.3 is 0 Å². The second-order valence-electron chi connectivity index (χ2n) is 2.71.